The van der Waals surface area contributed by atoms with Gasteiger partial charge in [0, 0.05) is 17.9 Å². The molecule has 0 amide bonds. The van der Waals surface area contributed by atoms with Gasteiger partial charge in [0.25, 0.3) is 0 Å². The third-order valence-corrected chi connectivity index (χ3v) is 3.89. The average Bonchev–Trinajstić information content (AvgIpc) is 2.38. The maximum Gasteiger partial charge on any atom is 0.314 e. The first-order valence-electron chi connectivity index (χ1n) is 6.11. The van der Waals surface area contributed by atoms with Gasteiger partial charge in [0.15, 0.2) is 5.75 Å². The van der Waals surface area contributed by atoms with Crippen LogP contribution in [0, 0.1) is 15.5 Å². The molecule has 1 saturated carbocycles. The van der Waals surface area contributed by atoms with E-state index in [4.69, 9.17) is 15.2 Å². The van der Waals surface area contributed by atoms with E-state index in [1.54, 1.807) is 12.1 Å². The van der Waals surface area contributed by atoms with E-state index in [1.807, 2.05) is 13.8 Å². The van der Waals surface area contributed by atoms with E-state index in [2.05, 4.69) is 0 Å². The molecule has 2 atom stereocenters. The van der Waals surface area contributed by atoms with Crippen LogP contribution in [0.3, 0.4) is 0 Å². The van der Waals surface area contributed by atoms with Crippen molar-refractivity contribution in [3.63, 3.8) is 0 Å². The standard InChI is InChI=1S/C13H18N2O4/c1-13(2)11(14)7-12(13)19-10-5-4-8(18-3)6-9(10)15(16)17/h4-6,11-12H,7,14H2,1-3H3. The van der Waals surface area contributed by atoms with Crippen LogP contribution in [-0.4, -0.2) is 24.2 Å². The zero-order valence-corrected chi connectivity index (χ0v) is 11.3. The van der Waals surface area contributed by atoms with Crippen molar-refractivity contribution < 1.29 is 14.4 Å². The highest BCUT2D eigenvalue weighted by Crippen LogP contribution is 2.43. The third-order valence-electron chi connectivity index (χ3n) is 3.89. The molecule has 0 bridgehead atoms. The molecule has 1 aliphatic rings. The smallest absolute Gasteiger partial charge is 0.314 e. The molecule has 1 aliphatic carbocycles. The second-order valence-corrected chi connectivity index (χ2v) is 5.36. The summed E-state index contributed by atoms with van der Waals surface area (Å²) >= 11 is 0. The van der Waals surface area contributed by atoms with Crippen molar-refractivity contribution in [2.45, 2.75) is 32.4 Å². The highest BCUT2D eigenvalue weighted by molar-refractivity contribution is 5.51. The minimum Gasteiger partial charge on any atom is -0.496 e. The quantitative estimate of drug-likeness (QED) is 0.666. The fourth-order valence-corrected chi connectivity index (χ4v) is 2.14. The molecule has 0 radical (unpaired) electrons. The van der Waals surface area contributed by atoms with Crippen LogP contribution in [0.4, 0.5) is 5.69 Å². The molecule has 1 aromatic rings. The van der Waals surface area contributed by atoms with Crippen LogP contribution >= 0.6 is 0 Å². The molecule has 6 heteroatoms. The number of ether oxygens (including phenoxy) is 2. The van der Waals surface area contributed by atoms with Gasteiger partial charge in [-0.3, -0.25) is 10.1 Å². The molecule has 0 aliphatic heterocycles. The predicted molar refractivity (Wildman–Crippen MR) is 70.4 cm³/mol. The van der Waals surface area contributed by atoms with Gasteiger partial charge in [0.05, 0.1) is 18.1 Å². The number of nitrogens with zero attached hydrogens (tertiary/aromatic N) is 1. The summed E-state index contributed by atoms with van der Waals surface area (Å²) < 4.78 is 10.7. The van der Waals surface area contributed by atoms with Crippen molar-refractivity contribution in [3.05, 3.63) is 28.3 Å². The van der Waals surface area contributed by atoms with Crippen molar-refractivity contribution in [2.75, 3.05) is 7.11 Å². The molecule has 19 heavy (non-hydrogen) atoms. The third kappa shape index (κ3) is 2.35. The van der Waals surface area contributed by atoms with Crippen molar-refractivity contribution in [3.8, 4) is 11.5 Å². The van der Waals surface area contributed by atoms with Crippen molar-refractivity contribution >= 4 is 5.69 Å². The number of hydrogen-bond acceptors (Lipinski definition) is 5. The number of methoxy groups -OCH3 is 1. The Morgan fingerprint density at radius 3 is 2.63 bits per heavy atom. The maximum atomic E-state index is 11.0. The number of hydrogen-bond donors (Lipinski definition) is 1. The Balaban J connectivity index is 2.23. The van der Waals surface area contributed by atoms with Crippen molar-refractivity contribution in [2.24, 2.45) is 11.1 Å². The van der Waals surface area contributed by atoms with E-state index in [0.717, 1.165) is 0 Å². The topological polar surface area (TPSA) is 87.6 Å². The molecule has 1 aromatic carbocycles. The highest BCUT2D eigenvalue weighted by atomic mass is 16.6. The summed E-state index contributed by atoms with van der Waals surface area (Å²) in [5.41, 5.74) is 5.65. The summed E-state index contributed by atoms with van der Waals surface area (Å²) in [6.45, 7) is 4.00. The molecule has 0 spiro atoms. The zero-order valence-electron chi connectivity index (χ0n) is 11.3. The molecule has 104 valence electrons. The Labute approximate surface area is 111 Å². The Bertz CT molecular complexity index is 501. The van der Waals surface area contributed by atoms with Crippen LogP contribution in [0.1, 0.15) is 20.3 Å². The van der Waals surface area contributed by atoms with E-state index in [1.165, 1.54) is 13.2 Å². The molecular weight excluding hydrogens is 248 g/mol. The van der Waals surface area contributed by atoms with Gasteiger partial charge in [-0.1, -0.05) is 13.8 Å². The van der Waals surface area contributed by atoms with Gasteiger partial charge in [0.1, 0.15) is 11.9 Å². The summed E-state index contributed by atoms with van der Waals surface area (Å²) in [6, 6.07) is 4.64. The number of nitro benzene ring substituents is 1. The molecule has 1 fully saturated rings. The minimum atomic E-state index is -0.469. The lowest BCUT2D eigenvalue weighted by molar-refractivity contribution is -0.386. The SMILES string of the molecule is COc1ccc(OC2CC(N)C2(C)C)c([N+](=O)[O-])c1. The largest absolute Gasteiger partial charge is 0.496 e. The summed E-state index contributed by atoms with van der Waals surface area (Å²) in [5, 5.41) is 11.0. The van der Waals surface area contributed by atoms with Gasteiger partial charge in [-0.2, -0.15) is 0 Å². The Hall–Kier alpha value is -1.82. The first-order chi connectivity index (χ1) is 8.86. The van der Waals surface area contributed by atoms with Crippen molar-refractivity contribution in [1.29, 1.82) is 0 Å². The Kier molecular flexibility index (Phi) is 3.36. The van der Waals surface area contributed by atoms with Gasteiger partial charge >= 0.3 is 5.69 Å². The summed E-state index contributed by atoms with van der Waals surface area (Å²) in [6.07, 6.45) is 0.602. The van der Waals surface area contributed by atoms with Crippen LogP contribution in [0.15, 0.2) is 18.2 Å². The Morgan fingerprint density at radius 1 is 1.47 bits per heavy atom. The fourth-order valence-electron chi connectivity index (χ4n) is 2.14. The van der Waals surface area contributed by atoms with Gasteiger partial charge in [-0.25, -0.2) is 0 Å². The second-order valence-electron chi connectivity index (χ2n) is 5.36. The predicted octanol–water partition coefficient (Wildman–Crippen LogP) is 2.11. The molecule has 6 nitrogen and oxygen atoms in total. The Morgan fingerprint density at radius 2 is 2.16 bits per heavy atom. The van der Waals surface area contributed by atoms with E-state index in [9.17, 15) is 10.1 Å². The summed E-state index contributed by atoms with van der Waals surface area (Å²) in [4.78, 5) is 10.6. The average molecular weight is 266 g/mol. The molecule has 2 N–H and O–H groups in total. The summed E-state index contributed by atoms with van der Waals surface area (Å²) in [5.74, 6) is 0.694. The molecule has 0 saturated heterocycles. The van der Waals surface area contributed by atoms with Gasteiger partial charge in [-0.05, 0) is 12.1 Å². The number of nitrogens with two attached hydrogens (primary N) is 1. The lowest BCUT2D eigenvalue weighted by Gasteiger charge is -2.49. The lowest BCUT2D eigenvalue weighted by atomic mass is 9.65. The number of benzene rings is 1. The van der Waals surface area contributed by atoms with E-state index >= 15 is 0 Å². The second kappa shape index (κ2) is 4.70. The molecule has 2 unspecified atom stereocenters. The molecule has 0 aromatic heterocycles. The van der Waals surface area contributed by atoms with Crippen LogP contribution in [0.5, 0.6) is 11.5 Å². The molecule has 0 heterocycles. The molecule has 2 rings (SSSR count). The lowest BCUT2D eigenvalue weighted by Crippen LogP contribution is -2.60. The molecular formula is C13H18N2O4. The normalized spacial score (nSPS) is 24.4. The first-order valence-corrected chi connectivity index (χ1v) is 6.11. The fraction of sp³-hybridized carbons (Fsp3) is 0.538. The highest BCUT2D eigenvalue weighted by Gasteiger charge is 2.48. The van der Waals surface area contributed by atoms with Gasteiger partial charge in [0.2, 0.25) is 0 Å². The monoisotopic (exact) mass is 266 g/mol. The number of rotatable bonds is 4. The van der Waals surface area contributed by atoms with Gasteiger partial charge < -0.3 is 15.2 Å². The number of nitro groups is 1. The van der Waals surface area contributed by atoms with Crippen LogP contribution in [0.2, 0.25) is 0 Å². The maximum absolute atomic E-state index is 11.0. The summed E-state index contributed by atoms with van der Waals surface area (Å²) in [7, 11) is 1.47. The van der Waals surface area contributed by atoms with E-state index < -0.39 is 4.92 Å². The van der Waals surface area contributed by atoms with E-state index in [0.29, 0.717) is 12.2 Å². The van der Waals surface area contributed by atoms with Crippen molar-refractivity contribution in [1.82, 2.24) is 0 Å². The van der Waals surface area contributed by atoms with Crippen LogP contribution in [-0.2, 0) is 0 Å². The zero-order chi connectivity index (χ0) is 14.2. The van der Waals surface area contributed by atoms with Crippen LogP contribution in [0.25, 0.3) is 0 Å². The van der Waals surface area contributed by atoms with E-state index in [-0.39, 0.29) is 29.0 Å². The first kappa shape index (κ1) is 13.6. The van der Waals surface area contributed by atoms with Crippen LogP contribution < -0.4 is 15.2 Å². The van der Waals surface area contributed by atoms with Gasteiger partial charge in [-0.15, -0.1) is 0 Å². The minimum absolute atomic E-state index is 0.0646.